The molecule has 0 aliphatic carbocycles. The van der Waals surface area contributed by atoms with Crippen LogP contribution < -0.4 is 5.32 Å². The molecule has 0 radical (unpaired) electrons. The Labute approximate surface area is 202 Å². The smallest absolute Gasteiger partial charge is 0.145 e. The number of pyridine rings is 1. The maximum Gasteiger partial charge on any atom is 0.145 e. The molecule has 1 N–H and O–H groups in total. The molecule has 0 saturated carbocycles. The summed E-state index contributed by atoms with van der Waals surface area (Å²) in [6.45, 7) is 6.38. The Balaban J connectivity index is 1.56. The van der Waals surface area contributed by atoms with E-state index in [1.165, 1.54) is 12.1 Å². The van der Waals surface area contributed by atoms with Crippen molar-refractivity contribution >= 4 is 34.0 Å². The van der Waals surface area contributed by atoms with Crippen molar-refractivity contribution in [3.8, 4) is 11.3 Å². The molecule has 2 aromatic heterocycles. The molecule has 0 spiro atoms. The fourth-order valence-corrected chi connectivity index (χ4v) is 4.60. The number of benzene rings is 2. The van der Waals surface area contributed by atoms with Gasteiger partial charge >= 0.3 is 0 Å². The van der Waals surface area contributed by atoms with Crippen LogP contribution in [0.2, 0.25) is 5.02 Å². The molecule has 34 heavy (non-hydrogen) atoms. The van der Waals surface area contributed by atoms with Crippen molar-refractivity contribution in [3.05, 3.63) is 77.5 Å². The van der Waals surface area contributed by atoms with Crippen molar-refractivity contribution in [2.45, 2.75) is 32.6 Å². The molecule has 0 bridgehead atoms. The summed E-state index contributed by atoms with van der Waals surface area (Å²) in [5.74, 6) is 1.08. The molecule has 2 unspecified atom stereocenters. The highest BCUT2D eigenvalue weighted by Crippen LogP contribution is 2.31. The van der Waals surface area contributed by atoms with Gasteiger partial charge in [0.25, 0.3) is 0 Å². The highest BCUT2D eigenvalue weighted by molar-refractivity contribution is 6.33. The van der Waals surface area contributed by atoms with E-state index in [1.807, 2.05) is 30.3 Å². The monoisotopic (exact) mass is 477 g/mol. The molecule has 5 rings (SSSR count). The van der Waals surface area contributed by atoms with E-state index in [2.05, 4.69) is 29.0 Å². The minimum atomic E-state index is -0.286. The van der Waals surface area contributed by atoms with Crippen LogP contribution in [-0.4, -0.2) is 45.1 Å². The summed E-state index contributed by atoms with van der Waals surface area (Å²) in [6.07, 6.45) is 2.02. The number of hydrogen-bond acceptors (Lipinski definition) is 6. The molecule has 1 fully saturated rings. The fraction of sp³-hybridized carbons (Fsp3) is 0.269. The van der Waals surface area contributed by atoms with Crippen LogP contribution in [0.3, 0.4) is 0 Å². The predicted molar refractivity (Wildman–Crippen MR) is 133 cm³/mol. The zero-order valence-corrected chi connectivity index (χ0v) is 19.8. The molecule has 0 amide bonds. The highest BCUT2D eigenvalue weighted by Gasteiger charge is 2.23. The molecule has 2 aromatic carbocycles. The SMILES string of the molecule is CC1CN(Cc2nc(Nc3ccc(F)cc3)c3ccc(-c4ncccc4Cl)cc3n2)CC(C)O1. The van der Waals surface area contributed by atoms with Crippen LogP contribution >= 0.6 is 11.6 Å². The maximum atomic E-state index is 13.4. The summed E-state index contributed by atoms with van der Waals surface area (Å²) in [6, 6.07) is 15.8. The van der Waals surface area contributed by atoms with Gasteiger partial charge in [0.15, 0.2) is 0 Å². The molecular formula is C26H25ClFN5O. The third-order valence-electron chi connectivity index (χ3n) is 5.74. The lowest BCUT2D eigenvalue weighted by Gasteiger charge is -2.34. The minimum absolute atomic E-state index is 0.152. The van der Waals surface area contributed by atoms with Gasteiger partial charge in [0, 0.05) is 35.9 Å². The van der Waals surface area contributed by atoms with Gasteiger partial charge in [0.1, 0.15) is 17.5 Å². The van der Waals surface area contributed by atoms with Gasteiger partial charge in [0.05, 0.1) is 35.0 Å². The molecule has 174 valence electrons. The van der Waals surface area contributed by atoms with E-state index in [0.717, 1.165) is 35.2 Å². The second-order valence-electron chi connectivity index (χ2n) is 8.64. The number of rotatable bonds is 5. The number of anilines is 2. The summed E-state index contributed by atoms with van der Waals surface area (Å²) >= 11 is 6.39. The van der Waals surface area contributed by atoms with Gasteiger partial charge in [0.2, 0.25) is 0 Å². The van der Waals surface area contributed by atoms with E-state index in [9.17, 15) is 4.39 Å². The fourth-order valence-electron chi connectivity index (χ4n) is 4.37. The molecule has 1 aliphatic rings. The standard InChI is InChI=1S/C26H25ClFN5O/c1-16-13-33(14-17(2)34-16)15-24-31-23-12-18(25-22(27)4-3-11-29-25)5-10-21(23)26(32-24)30-20-8-6-19(28)7-9-20/h3-12,16-17H,13-15H2,1-2H3,(H,30,31,32). The average Bonchev–Trinajstić information content (AvgIpc) is 2.80. The first-order valence-electron chi connectivity index (χ1n) is 11.3. The Morgan fingerprint density at radius 2 is 1.82 bits per heavy atom. The van der Waals surface area contributed by atoms with Crippen molar-refractivity contribution in [2.75, 3.05) is 18.4 Å². The van der Waals surface area contributed by atoms with Gasteiger partial charge in [-0.05, 0) is 62.4 Å². The molecular weight excluding hydrogens is 453 g/mol. The van der Waals surface area contributed by atoms with E-state index < -0.39 is 0 Å². The normalized spacial score (nSPS) is 18.8. The van der Waals surface area contributed by atoms with Crippen molar-refractivity contribution in [1.82, 2.24) is 19.9 Å². The Bertz CT molecular complexity index is 1310. The minimum Gasteiger partial charge on any atom is -0.373 e. The maximum absolute atomic E-state index is 13.4. The second-order valence-corrected chi connectivity index (χ2v) is 9.04. The zero-order valence-electron chi connectivity index (χ0n) is 19.0. The van der Waals surface area contributed by atoms with Gasteiger partial charge in [-0.15, -0.1) is 0 Å². The summed E-state index contributed by atoms with van der Waals surface area (Å²) in [5.41, 5.74) is 3.11. The Morgan fingerprint density at radius 1 is 1.06 bits per heavy atom. The van der Waals surface area contributed by atoms with E-state index in [-0.39, 0.29) is 18.0 Å². The lowest BCUT2D eigenvalue weighted by atomic mass is 10.1. The van der Waals surface area contributed by atoms with Gasteiger partial charge in [-0.3, -0.25) is 9.88 Å². The largest absolute Gasteiger partial charge is 0.373 e. The first-order valence-corrected chi connectivity index (χ1v) is 11.6. The van der Waals surface area contributed by atoms with E-state index in [4.69, 9.17) is 26.3 Å². The molecule has 3 heterocycles. The molecule has 4 aromatic rings. The summed E-state index contributed by atoms with van der Waals surface area (Å²) in [5, 5.41) is 4.77. The summed E-state index contributed by atoms with van der Waals surface area (Å²) in [7, 11) is 0. The van der Waals surface area contributed by atoms with Crippen LogP contribution in [0.4, 0.5) is 15.9 Å². The molecule has 6 nitrogen and oxygen atoms in total. The van der Waals surface area contributed by atoms with Crippen molar-refractivity contribution in [2.24, 2.45) is 0 Å². The van der Waals surface area contributed by atoms with Gasteiger partial charge in [-0.1, -0.05) is 17.7 Å². The van der Waals surface area contributed by atoms with Crippen LogP contribution in [0, 0.1) is 5.82 Å². The Kier molecular flexibility index (Phi) is 6.41. The lowest BCUT2D eigenvalue weighted by molar-refractivity contribution is -0.0710. The van der Waals surface area contributed by atoms with Crippen molar-refractivity contribution in [1.29, 1.82) is 0 Å². The van der Waals surface area contributed by atoms with Gasteiger partial charge in [-0.2, -0.15) is 0 Å². The number of hydrogen-bond donors (Lipinski definition) is 1. The first-order chi connectivity index (χ1) is 16.4. The number of aromatic nitrogens is 3. The van der Waals surface area contributed by atoms with Gasteiger partial charge in [-0.25, -0.2) is 14.4 Å². The number of nitrogens with zero attached hydrogens (tertiary/aromatic N) is 4. The van der Waals surface area contributed by atoms with Crippen LogP contribution in [0.25, 0.3) is 22.2 Å². The highest BCUT2D eigenvalue weighted by atomic mass is 35.5. The molecule has 1 aliphatic heterocycles. The number of ether oxygens (including phenoxy) is 1. The second kappa shape index (κ2) is 9.62. The number of morpholine rings is 1. The lowest BCUT2D eigenvalue weighted by Crippen LogP contribution is -2.45. The number of halogens is 2. The van der Waals surface area contributed by atoms with Gasteiger partial charge < -0.3 is 10.1 Å². The van der Waals surface area contributed by atoms with Crippen molar-refractivity contribution < 1.29 is 9.13 Å². The quantitative estimate of drug-likeness (QED) is 0.390. The Hall–Kier alpha value is -3.13. The van der Waals surface area contributed by atoms with Crippen LogP contribution in [0.15, 0.2) is 60.8 Å². The molecule has 8 heteroatoms. The molecule has 2 atom stereocenters. The summed E-state index contributed by atoms with van der Waals surface area (Å²) in [4.78, 5) is 16.5. The van der Waals surface area contributed by atoms with Crippen LogP contribution in [0.1, 0.15) is 19.7 Å². The predicted octanol–water partition coefficient (Wildman–Crippen LogP) is 5.84. The van der Waals surface area contributed by atoms with E-state index in [1.54, 1.807) is 18.3 Å². The topological polar surface area (TPSA) is 63.2 Å². The average molecular weight is 478 g/mol. The number of nitrogens with one attached hydrogen (secondary N) is 1. The zero-order chi connectivity index (χ0) is 23.7. The third kappa shape index (κ3) is 5.01. The summed E-state index contributed by atoms with van der Waals surface area (Å²) < 4.78 is 19.3. The first kappa shape index (κ1) is 22.7. The van der Waals surface area contributed by atoms with Crippen molar-refractivity contribution in [3.63, 3.8) is 0 Å². The van der Waals surface area contributed by atoms with E-state index >= 15 is 0 Å². The third-order valence-corrected chi connectivity index (χ3v) is 6.05. The van der Waals surface area contributed by atoms with E-state index in [0.29, 0.717) is 28.9 Å². The number of fused-ring (bicyclic) bond motifs is 1. The molecule has 1 saturated heterocycles. The Morgan fingerprint density at radius 3 is 2.56 bits per heavy atom. The van der Waals surface area contributed by atoms with Crippen LogP contribution in [0.5, 0.6) is 0 Å². The van der Waals surface area contributed by atoms with Crippen LogP contribution in [-0.2, 0) is 11.3 Å².